The number of carbonyl (C=O) groups is 2. The average molecular weight is 295 g/mol. The third-order valence-electron chi connectivity index (χ3n) is 3.92. The van der Waals surface area contributed by atoms with Gasteiger partial charge in [-0.05, 0) is 31.0 Å². The summed E-state index contributed by atoms with van der Waals surface area (Å²) in [4.78, 5) is 26.4. The highest BCUT2D eigenvalue weighted by Gasteiger charge is 2.42. The predicted molar refractivity (Wildman–Crippen MR) is 79.9 cm³/mol. The maximum atomic E-state index is 12.9. The van der Waals surface area contributed by atoms with Crippen molar-refractivity contribution in [3.8, 4) is 0 Å². The van der Waals surface area contributed by atoms with Crippen LogP contribution in [-0.4, -0.2) is 23.9 Å². The largest absolute Gasteiger partial charge is 0.342 e. The summed E-state index contributed by atoms with van der Waals surface area (Å²) in [7, 11) is 0. The molecule has 2 rings (SSSR count). The first-order valence-electron chi connectivity index (χ1n) is 6.91. The summed E-state index contributed by atoms with van der Waals surface area (Å²) in [5, 5.41) is 3.47. The molecule has 0 aliphatic carbocycles. The van der Waals surface area contributed by atoms with Gasteiger partial charge in [-0.25, -0.2) is 0 Å². The molecular formula is C15H19ClN2O2. The zero-order valence-corrected chi connectivity index (χ0v) is 12.5. The molecule has 1 aliphatic rings. The molecule has 0 atom stereocenters. The van der Waals surface area contributed by atoms with E-state index in [9.17, 15) is 9.59 Å². The summed E-state index contributed by atoms with van der Waals surface area (Å²) < 4.78 is 0. The highest BCUT2D eigenvalue weighted by molar-refractivity contribution is 6.31. The van der Waals surface area contributed by atoms with Crippen LogP contribution >= 0.6 is 11.6 Å². The molecule has 1 N–H and O–H groups in total. The highest BCUT2D eigenvalue weighted by atomic mass is 35.5. The highest BCUT2D eigenvalue weighted by Crippen LogP contribution is 2.27. The molecule has 1 heterocycles. The van der Waals surface area contributed by atoms with Gasteiger partial charge >= 0.3 is 0 Å². The van der Waals surface area contributed by atoms with Gasteiger partial charge in [0, 0.05) is 23.7 Å². The fourth-order valence-electron chi connectivity index (χ4n) is 2.58. The van der Waals surface area contributed by atoms with Crippen molar-refractivity contribution in [2.45, 2.75) is 38.6 Å². The summed E-state index contributed by atoms with van der Waals surface area (Å²) in [6.07, 6.45) is 1.45. The third kappa shape index (κ3) is 2.66. The number of hydrogen-bond donors (Lipinski definition) is 1. The van der Waals surface area contributed by atoms with E-state index in [1.807, 2.05) is 26.0 Å². The van der Waals surface area contributed by atoms with Crippen molar-refractivity contribution in [1.29, 1.82) is 0 Å². The van der Waals surface area contributed by atoms with E-state index >= 15 is 0 Å². The van der Waals surface area contributed by atoms with E-state index in [4.69, 9.17) is 11.6 Å². The number of rotatable bonds is 3. The van der Waals surface area contributed by atoms with Crippen LogP contribution in [0.1, 0.15) is 33.1 Å². The number of nitrogens with zero attached hydrogens (tertiary/aromatic N) is 1. The number of amides is 2. The van der Waals surface area contributed by atoms with Crippen molar-refractivity contribution in [2.24, 2.45) is 0 Å². The lowest BCUT2D eigenvalue weighted by Crippen LogP contribution is -2.56. The number of benzene rings is 1. The number of hydrogen-bond acceptors (Lipinski definition) is 2. The zero-order chi connectivity index (χ0) is 14.8. The summed E-state index contributed by atoms with van der Waals surface area (Å²) in [6.45, 7) is 4.22. The Morgan fingerprint density at radius 3 is 2.60 bits per heavy atom. The monoisotopic (exact) mass is 294 g/mol. The van der Waals surface area contributed by atoms with Gasteiger partial charge < -0.3 is 10.2 Å². The predicted octanol–water partition coefficient (Wildman–Crippen LogP) is 2.75. The molecule has 108 valence electrons. The van der Waals surface area contributed by atoms with E-state index in [-0.39, 0.29) is 11.8 Å². The van der Waals surface area contributed by atoms with Gasteiger partial charge in [0.2, 0.25) is 5.91 Å². The van der Waals surface area contributed by atoms with Crippen LogP contribution < -0.4 is 10.2 Å². The maximum absolute atomic E-state index is 12.9. The Morgan fingerprint density at radius 1 is 1.30 bits per heavy atom. The standard InChI is InChI=1S/C15H19ClN2O2/c1-3-15(4-2)14(20)18(9-8-13(19)17-15)12-7-5-6-11(16)10-12/h5-7,10H,3-4,8-9H2,1-2H3,(H,17,19). The number of carbonyl (C=O) groups excluding carboxylic acids is 2. The SMILES string of the molecule is CCC1(CC)NC(=O)CCN(c2cccc(Cl)c2)C1=O. The molecule has 0 aromatic heterocycles. The molecule has 0 unspecified atom stereocenters. The third-order valence-corrected chi connectivity index (χ3v) is 4.16. The molecule has 1 aliphatic heterocycles. The minimum atomic E-state index is -0.810. The van der Waals surface area contributed by atoms with Crippen LogP contribution in [0.15, 0.2) is 24.3 Å². The van der Waals surface area contributed by atoms with E-state index in [1.54, 1.807) is 17.0 Å². The molecule has 20 heavy (non-hydrogen) atoms. The molecule has 4 nitrogen and oxygen atoms in total. The van der Waals surface area contributed by atoms with Crippen molar-refractivity contribution >= 4 is 29.1 Å². The van der Waals surface area contributed by atoms with E-state index in [2.05, 4.69) is 5.32 Å². The Labute approximate surface area is 124 Å². The van der Waals surface area contributed by atoms with Crippen LogP contribution in [0.25, 0.3) is 0 Å². The van der Waals surface area contributed by atoms with Gasteiger partial charge in [-0.15, -0.1) is 0 Å². The normalized spacial score (nSPS) is 18.6. The quantitative estimate of drug-likeness (QED) is 0.932. The van der Waals surface area contributed by atoms with E-state index in [1.165, 1.54) is 0 Å². The molecular weight excluding hydrogens is 276 g/mol. The van der Waals surface area contributed by atoms with Gasteiger partial charge in [0.05, 0.1) is 0 Å². The minimum absolute atomic E-state index is 0.0596. The molecule has 1 fully saturated rings. The second-order valence-corrected chi connectivity index (χ2v) is 5.46. The van der Waals surface area contributed by atoms with Gasteiger partial charge in [-0.1, -0.05) is 31.5 Å². The summed E-state index contributed by atoms with van der Waals surface area (Å²) in [6, 6.07) is 7.18. The molecule has 0 radical (unpaired) electrons. The van der Waals surface area contributed by atoms with Gasteiger partial charge in [-0.2, -0.15) is 0 Å². The number of nitrogens with one attached hydrogen (secondary N) is 1. The van der Waals surface area contributed by atoms with Crippen LogP contribution in [0.5, 0.6) is 0 Å². The van der Waals surface area contributed by atoms with Crippen molar-refractivity contribution in [3.05, 3.63) is 29.3 Å². The Kier molecular flexibility index (Phi) is 4.33. The van der Waals surface area contributed by atoms with Crippen molar-refractivity contribution in [2.75, 3.05) is 11.4 Å². The summed E-state index contributed by atoms with van der Waals surface area (Å²) in [5.74, 6) is -0.137. The summed E-state index contributed by atoms with van der Waals surface area (Å²) in [5.41, 5.74) is -0.0686. The first kappa shape index (κ1) is 14.9. The van der Waals surface area contributed by atoms with E-state index in [0.717, 1.165) is 5.69 Å². The summed E-state index contributed by atoms with van der Waals surface area (Å²) >= 11 is 6.00. The maximum Gasteiger partial charge on any atom is 0.252 e. The van der Waals surface area contributed by atoms with Gasteiger partial charge in [-0.3, -0.25) is 9.59 Å². The molecule has 0 bridgehead atoms. The lowest BCUT2D eigenvalue weighted by atomic mass is 9.91. The van der Waals surface area contributed by atoms with Crippen molar-refractivity contribution < 1.29 is 9.59 Å². The zero-order valence-electron chi connectivity index (χ0n) is 11.8. The minimum Gasteiger partial charge on any atom is -0.342 e. The lowest BCUT2D eigenvalue weighted by Gasteiger charge is -2.33. The second-order valence-electron chi connectivity index (χ2n) is 5.02. The molecule has 1 aromatic carbocycles. The van der Waals surface area contributed by atoms with Crippen LogP contribution in [0, 0.1) is 0 Å². The first-order chi connectivity index (χ1) is 9.52. The average Bonchev–Trinajstić information content (AvgIpc) is 2.56. The Balaban J connectivity index is 2.42. The van der Waals surface area contributed by atoms with Crippen LogP contribution in [0.4, 0.5) is 5.69 Å². The van der Waals surface area contributed by atoms with Crippen LogP contribution in [-0.2, 0) is 9.59 Å². The molecule has 2 amide bonds. The van der Waals surface area contributed by atoms with Crippen molar-refractivity contribution in [1.82, 2.24) is 5.32 Å². The first-order valence-corrected chi connectivity index (χ1v) is 7.28. The molecule has 5 heteroatoms. The Bertz CT molecular complexity index is 526. The van der Waals surface area contributed by atoms with E-state index < -0.39 is 5.54 Å². The number of halogens is 1. The Hall–Kier alpha value is -1.55. The topological polar surface area (TPSA) is 49.4 Å². The fraction of sp³-hybridized carbons (Fsp3) is 0.467. The molecule has 0 saturated carbocycles. The lowest BCUT2D eigenvalue weighted by molar-refractivity contribution is -0.130. The smallest absolute Gasteiger partial charge is 0.252 e. The second kappa shape index (κ2) is 5.83. The van der Waals surface area contributed by atoms with Crippen LogP contribution in [0.3, 0.4) is 0 Å². The van der Waals surface area contributed by atoms with E-state index in [0.29, 0.717) is 30.8 Å². The molecule has 1 saturated heterocycles. The Morgan fingerprint density at radius 2 is 2.00 bits per heavy atom. The molecule has 0 spiro atoms. The molecule has 1 aromatic rings. The van der Waals surface area contributed by atoms with Crippen LogP contribution in [0.2, 0.25) is 5.02 Å². The van der Waals surface area contributed by atoms with Gasteiger partial charge in [0.1, 0.15) is 5.54 Å². The number of anilines is 1. The van der Waals surface area contributed by atoms with Crippen molar-refractivity contribution in [3.63, 3.8) is 0 Å². The van der Waals surface area contributed by atoms with Gasteiger partial charge in [0.15, 0.2) is 0 Å². The van der Waals surface area contributed by atoms with Gasteiger partial charge in [0.25, 0.3) is 5.91 Å². The fourth-order valence-corrected chi connectivity index (χ4v) is 2.76.